The van der Waals surface area contributed by atoms with Gasteiger partial charge in [-0.1, -0.05) is 30.3 Å². The highest BCUT2D eigenvalue weighted by Gasteiger charge is 2.37. The standard InChI is InChI=1S/C20H17ClN2O4/c1-3-6-26-19-15(21)7-11(8-17(19)25-2)18-13-5-4-12(24)9-16(13)27-20(23)14(18)10-22/h3-5,7-9,14,18,23-24H,1,6H2,2H3. The molecule has 0 aliphatic carbocycles. The Labute approximate surface area is 161 Å². The lowest BCUT2D eigenvalue weighted by Crippen LogP contribution is -2.30. The van der Waals surface area contributed by atoms with E-state index in [-0.39, 0.29) is 18.3 Å². The SMILES string of the molecule is C=CCOc1c(Cl)cc(C2c3ccc(O)cc3OC(=N)C2C#N)cc1OC. The summed E-state index contributed by atoms with van der Waals surface area (Å²) in [5.74, 6) is -0.408. The number of nitrogens with one attached hydrogen (secondary N) is 1. The van der Waals surface area contributed by atoms with Crippen LogP contribution in [0.25, 0.3) is 0 Å². The van der Waals surface area contributed by atoms with Crippen molar-refractivity contribution >= 4 is 17.5 Å². The molecular weight excluding hydrogens is 368 g/mol. The highest BCUT2D eigenvalue weighted by Crippen LogP contribution is 2.46. The van der Waals surface area contributed by atoms with Gasteiger partial charge in [-0.25, -0.2) is 0 Å². The third-order valence-corrected chi connectivity index (χ3v) is 4.54. The maximum Gasteiger partial charge on any atom is 0.205 e. The summed E-state index contributed by atoms with van der Waals surface area (Å²) < 4.78 is 16.4. The van der Waals surface area contributed by atoms with Gasteiger partial charge in [0.25, 0.3) is 0 Å². The summed E-state index contributed by atoms with van der Waals surface area (Å²) in [5.41, 5.74) is 1.35. The summed E-state index contributed by atoms with van der Waals surface area (Å²) in [7, 11) is 1.50. The minimum atomic E-state index is -0.845. The molecule has 2 aromatic rings. The maximum absolute atomic E-state index is 9.72. The number of ether oxygens (including phenoxy) is 3. The second-order valence-corrected chi connectivity index (χ2v) is 6.31. The summed E-state index contributed by atoms with van der Waals surface area (Å²) in [5, 5.41) is 27.7. The molecule has 2 atom stereocenters. The molecule has 0 amide bonds. The molecule has 1 aliphatic rings. The number of hydrogen-bond donors (Lipinski definition) is 2. The zero-order valence-electron chi connectivity index (χ0n) is 14.5. The van der Waals surface area contributed by atoms with Gasteiger partial charge < -0.3 is 19.3 Å². The number of rotatable bonds is 5. The van der Waals surface area contributed by atoms with E-state index in [2.05, 4.69) is 12.6 Å². The number of aromatic hydroxyl groups is 1. The molecule has 0 saturated heterocycles. The predicted molar refractivity (Wildman–Crippen MR) is 101 cm³/mol. The quantitative estimate of drug-likeness (QED) is 0.751. The molecule has 1 heterocycles. The molecule has 0 bridgehead atoms. The van der Waals surface area contributed by atoms with Crippen molar-refractivity contribution in [3.8, 4) is 29.1 Å². The molecule has 138 valence electrons. The van der Waals surface area contributed by atoms with E-state index in [0.717, 1.165) is 0 Å². The third kappa shape index (κ3) is 3.42. The second-order valence-electron chi connectivity index (χ2n) is 5.91. The van der Waals surface area contributed by atoms with Gasteiger partial charge in [0.1, 0.15) is 24.0 Å². The lowest BCUT2D eigenvalue weighted by molar-refractivity contribution is 0.326. The van der Waals surface area contributed by atoms with Crippen molar-refractivity contribution in [3.05, 3.63) is 59.1 Å². The topological polar surface area (TPSA) is 95.6 Å². The van der Waals surface area contributed by atoms with Gasteiger partial charge in [-0.05, 0) is 23.8 Å². The Morgan fingerprint density at radius 3 is 2.85 bits per heavy atom. The Hall–Kier alpha value is -3.17. The van der Waals surface area contributed by atoms with E-state index >= 15 is 0 Å². The molecular formula is C20H17ClN2O4. The summed E-state index contributed by atoms with van der Waals surface area (Å²) >= 11 is 6.40. The van der Waals surface area contributed by atoms with E-state index in [4.69, 9.17) is 31.2 Å². The Balaban J connectivity index is 2.16. The Morgan fingerprint density at radius 2 is 2.19 bits per heavy atom. The Morgan fingerprint density at radius 1 is 1.41 bits per heavy atom. The summed E-state index contributed by atoms with van der Waals surface area (Å²) in [6.07, 6.45) is 1.60. The average molecular weight is 385 g/mol. The van der Waals surface area contributed by atoms with Gasteiger partial charge in [0.15, 0.2) is 11.5 Å². The van der Waals surface area contributed by atoms with Gasteiger partial charge in [0, 0.05) is 17.5 Å². The minimum Gasteiger partial charge on any atom is -0.508 e. The van der Waals surface area contributed by atoms with Crippen LogP contribution >= 0.6 is 11.6 Å². The number of halogens is 1. The van der Waals surface area contributed by atoms with Crippen molar-refractivity contribution in [1.82, 2.24) is 0 Å². The van der Waals surface area contributed by atoms with Gasteiger partial charge in [-0.15, -0.1) is 0 Å². The number of nitriles is 1. The lowest BCUT2D eigenvalue weighted by atomic mass is 9.79. The van der Waals surface area contributed by atoms with Crippen LogP contribution in [0.1, 0.15) is 17.0 Å². The van der Waals surface area contributed by atoms with E-state index in [9.17, 15) is 10.4 Å². The van der Waals surface area contributed by atoms with Crippen LogP contribution in [-0.2, 0) is 0 Å². The first-order valence-corrected chi connectivity index (χ1v) is 8.47. The van der Waals surface area contributed by atoms with E-state index in [1.54, 1.807) is 24.3 Å². The van der Waals surface area contributed by atoms with Crippen LogP contribution in [0.3, 0.4) is 0 Å². The summed E-state index contributed by atoms with van der Waals surface area (Å²) in [6, 6.07) is 10.2. The first kappa shape index (κ1) is 18.6. The summed E-state index contributed by atoms with van der Waals surface area (Å²) in [4.78, 5) is 0. The molecule has 1 aliphatic heterocycles. The number of nitrogens with zero attached hydrogens (tertiary/aromatic N) is 1. The largest absolute Gasteiger partial charge is 0.508 e. The van der Waals surface area contributed by atoms with Crippen molar-refractivity contribution < 1.29 is 19.3 Å². The number of benzene rings is 2. The average Bonchev–Trinajstić information content (AvgIpc) is 2.65. The first-order valence-electron chi connectivity index (χ1n) is 8.10. The van der Waals surface area contributed by atoms with Crippen molar-refractivity contribution in [3.63, 3.8) is 0 Å². The third-order valence-electron chi connectivity index (χ3n) is 4.26. The van der Waals surface area contributed by atoms with Crippen LogP contribution in [-0.4, -0.2) is 24.7 Å². The predicted octanol–water partition coefficient (Wildman–Crippen LogP) is 4.26. The highest BCUT2D eigenvalue weighted by molar-refractivity contribution is 6.32. The zero-order chi connectivity index (χ0) is 19.6. The normalized spacial score (nSPS) is 18.0. The van der Waals surface area contributed by atoms with Crippen molar-refractivity contribution in [1.29, 1.82) is 10.7 Å². The van der Waals surface area contributed by atoms with Gasteiger partial charge in [-0.2, -0.15) is 5.26 Å². The van der Waals surface area contributed by atoms with Crippen LogP contribution in [0.5, 0.6) is 23.0 Å². The fourth-order valence-electron chi connectivity index (χ4n) is 3.09. The molecule has 0 saturated carbocycles. The maximum atomic E-state index is 9.72. The molecule has 7 heteroatoms. The fourth-order valence-corrected chi connectivity index (χ4v) is 3.36. The number of hydrogen-bond acceptors (Lipinski definition) is 6. The molecule has 2 unspecified atom stereocenters. The molecule has 0 spiro atoms. The first-order chi connectivity index (χ1) is 13.0. The molecule has 2 N–H and O–H groups in total. The molecule has 3 rings (SSSR count). The van der Waals surface area contributed by atoms with Crippen LogP contribution in [0, 0.1) is 22.7 Å². The molecule has 0 aromatic heterocycles. The zero-order valence-corrected chi connectivity index (χ0v) is 15.3. The van der Waals surface area contributed by atoms with Crippen LogP contribution in [0.15, 0.2) is 43.0 Å². The molecule has 0 radical (unpaired) electrons. The van der Waals surface area contributed by atoms with E-state index in [1.165, 1.54) is 19.2 Å². The molecule has 6 nitrogen and oxygen atoms in total. The van der Waals surface area contributed by atoms with Gasteiger partial charge >= 0.3 is 0 Å². The highest BCUT2D eigenvalue weighted by atomic mass is 35.5. The number of methoxy groups -OCH3 is 1. The van der Waals surface area contributed by atoms with Crippen LogP contribution in [0.2, 0.25) is 5.02 Å². The molecule has 2 aromatic carbocycles. The number of fused-ring (bicyclic) bond motifs is 1. The molecule has 27 heavy (non-hydrogen) atoms. The summed E-state index contributed by atoms with van der Waals surface area (Å²) in [6.45, 7) is 3.87. The number of phenols is 1. The molecule has 0 fully saturated rings. The second kappa shape index (κ2) is 7.60. The van der Waals surface area contributed by atoms with Crippen LogP contribution < -0.4 is 14.2 Å². The van der Waals surface area contributed by atoms with Crippen molar-refractivity contribution in [2.24, 2.45) is 5.92 Å². The lowest BCUT2D eigenvalue weighted by Gasteiger charge is -2.30. The van der Waals surface area contributed by atoms with Gasteiger partial charge in [-0.3, -0.25) is 5.41 Å². The number of phenolic OH excluding ortho intramolecular Hbond substituents is 1. The van der Waals surface area contributed by atoms with E-state index in [0.29, 0.717) is 33.4 Å². The smallest absolute Gasteiger partial charge is 0.205 e. The van der Waals surface area contributed by atoms with E-state index in [1.807, 2.05) is 0 Å². The van der Waals surface area contributed by atoms with E-state index < -0.39 is 11.8 Å². The van der Waals surface area contributed by atoms with Gasteiger partial charge in [0.05, 0.1) is 18.2 Å². The fraction of sp³-hybridized carbons (Fsp3) is 0.200. The van der Waals surface area contributed by atoms with Gasteiger partial charge in [0.2, 0.25) is 5.90 Å². The monoisotopic (exact) mass is 384 g/mol. The van der Waals surface area contributed by atoms with Crippen molar-refractivity contribution in [2.75, 3.05) is 13.7 Å². The Bertz CT molecular complexity index is 952. The minimum absolute atomic E-state index is 0.0134. The van der Waals surface area contributed by atoms with Crippen molar-refractivity contribution in [2.45, 2.75) is 5.92 Å². The van der Waals surface area contributed by atoms with Crippen LogP contribution in [0.4, 0.5) is 0 Å². The Kier molecular flexibility index (Phi) is 5.24.